The van der Waals surface area contributed by atoms with Crippen LogP contribution in [-0.4, -0.2) is 48.2 Å². The lowest BCUT2D eigenvalue weighted by atomic mass is 9.90. The monoisotopic (exact) mass is 364 g/mol. The van der Waals surface area contributed by atoms with E-state index in [1.54, 1.807) is 7.11 Å². The van der Waals surface area contributed by atoms with Gasteiger partial charge in [0, 0.05) is 55.1 Å². The van der Waals surface area contributed by atoms with Crippen molar-refractivity contribution in [2.75, 3.05) is 20.2 Å². The number of ether oxygens (including phenoxy) is 2. The van der Waals surface area contributed by atoms with Crippen molar-refractivity contribution >= 4 is 10.9 Å². The summed E-state index contributed by atoms with van der Waals surface area (Å²) in [6.07, 6.45) is 3.39. The number of aryl methyl sites for hydroxylation is 1. The lowest BCUT2D eigenvalue weighted by Crippen LogP contribution is -2.45. The summed E-state index contributed by atoms with van der Waals surface area (Å²) in [5, 5.41) is 1.21. The van der Waals surface area contributed by atoms with Crippen molar-refractivity contribution in [3.63, 3.8) is 0 Å². The molecular formula is C20H26F2N2O2. The Hall–Kier alpha value is -1.66. The number of likely N-dealkylation sites (tertiary alicyclic amines) is 1. The van der Waals surface area contributed by atoms with Gasteiger partial charge in [0.15, 0.2) is 0 Å². The van der Waals surface area contributed by atoms with Gasteiger partial charge in [-0.1, -0.05) is 0 Å². The Morgan fingerprint density at radius 2 is 1.96 bits per heavy atom. The summed E-state index contributed by atoms with van der Waals surface area (Å²) in [5.41, 5.74) is 3.53. The molecule has 1 saturated heterocycles. The highest BCUT2D eigenvalue weighted by Gasteiger charge is 2.47. The number of alkyl halides is 2. The molecule has 2 fully saturated rings. The second kappa shape index (κ2) is 6.82. The Kier molecular flexibility index (Phi) is 4.65. The van der Waals surface area contributed by atoms with E-state index in [0.29, 0.717) is 0 Å². The number of H-pyrrole nitrogens is 1. The van der Waals surface area contributed by atoms with Crippen LogP contribution in [0.15, 0.2) is 18.3 Å². The first-order chi connectivity index (χ1) is 12.4. The molecule has 0 spiro atoms. The average molecular weight is 364 g/mol. The standard InChI is InChI=1S/C20H26F2N2O2/c1-13-9-18(25-2)17(16-3-6-23-19(13)16)12-24-7-4-14(5-8-24)26-15-10-20(21,22)11-15/h3,6,9,14-15,23H,4-5,7-8,10-12H2,1-2H3. The minimum Gasteiger partial charge on any atom is -0.496 e. The largest absolute Gasteiger partial charge is 0.496 e. The summed E-state index contributed by atoms with van der Waals surface area (Å²) >= 11 is 0. The molecule has 0 bridgehead atoms. The second-order valence-electron chi connectivity index (χ2n) is 7.64. The van der Waals surface area contributed by atoms with E-state index in [2.05, 4.69) is 28.9 Å². The van der Waals surface area contributed by atoms with Crippen LogP contribution in [0.4, 0.5) is 8.78 Å². The van der Waals surface area contributed by atoms with Gasteiger partial charge >= 0.3 is 0 Å². The zero-order valence-electron chi connectivity index (χ0n) is 15.4. The molecule has 4 nitrogen and oxygen atoms in total. The number of hydrogen-bond acceptors (Lipinski definition) is 3. The van der Waals surface area contributed by atoms with Crippen molar-refractivity contribution in [1.29, 1.82) is 0 Å². The van der Waals surface area contributed by atoms with Crippen molar-refractivity contribution in [2.45, 2.75) is 57.3 Å². The molecule has 1 aliphatic carbocycles. The maximum Gasteiger partial charge on any atom is 0.253 e. The fraction of sp³-hybridized carbons (Fsp3) is 0.600. The van der Waals surface area contributed by atoms with Crippen LogP contribution in [0, 0.1) is 6.92 Å². The Morgan fingerprint density at radius 3 is 2.62 bits per heavy atom. The minimum atomic E-state index is -2.50. The quantitative estimate of drug-likeness (QED) is 0.861. The molecule has 0 unspecified atom stereocenters. The fourth-order valence-corrected chi connectivity index (χ4v) is 4.18. The number of methoxy groups -OCH3 is 1. The van der Waals surface area contributed by atoms with E-state index < -0.39 is 5.92 Å². The minimum absolute atomic E-state index is 0.111. The highest BCUT2D eigenvalue weighted by atomic mass is 19.3. The molecule has 2 heterocycles. The van der Waals surface area contributed by atoms with Gasteiger partial charge in [-0.3, -0.25) is 4.90 Å². The number of nitrogens with one attached hydrogen (secondary N) is 1. The van der Waals surface area contributed by atoms with E-state index in [0.717, 1.165) is 43.7 Å². The lowest BCUT2D eigenvalue weighted by molar-refractivity contribution is -0.187. The van der Waals surface area contributed by atoms with Crippen molar-refractivity contribution in [3.8, 4) is 5.75 Å². The fourth-order valence-electron chi connectivity index (χ4n) is 4.18. The number of piperidine rings is 1. The van der Waals surface area contributed by atoms with Gasteiger partial charge in [0.1, 0.15) is 5.75 Å². The number of halogens is 2. The topological polar surface area (TPSA) is 37.5 Å². The molecule has 6 heteroatoms. The predicted molar refractivity (Wildman–Crippen MR) is 96.9 cm³/mol. The van der Waals surface area contributed by atoms with Gasteiger partial charge < -0.3 is 14.5 Å². The van der Waals surface area contributed by atoms with Crippen molar-refractivity contribution in [1.82, 2.24) is 9.88 Å². The van der Waals surface area contributed by atoms with Crippen LogP contribution >= 0.6 is 0 Å². The van der Waals surface area contributed by atoms with E-state index >= 15 is 0 Å². The van der Waals surface area contributed by atoms with E-state index in [4.69, 9.17) is 9.47 Å². The molecule has 1 aliphatic heterocycles. The van der Waals surface area contributed by atoms with Gasteiger partial charge in [-0.05, 0) is 37.5 Å². The second-order valence-corrected chi connectivity index (χ2v) is 7.64. The van der Waals surface area contributed by atoms with Crippen LogP contribution in [0.1, 0.15) is 36.8 Å². The van der Waals surface area contributed by atoms with E-state index in [-0.39, 0.29) is 25.0 Å². The van der Waals surface area contributed by atoms with Gasteiger partial charge in [0.2, 0.25) is 0 Å². The van der Waals surface area contributed by atoms with Crippen LogP contribution in [0.5, 0.6) is 5.75 Å². The summed E-state index contributed by atoms with van der Waals surface area (Å²) in [6.45, 7) is 4.73. The van der Waals surface area contributed by atoms with Crippen LogP contribution in [0.3, 0.4) is 0 Å². The molecule has 1 saturated carbocycles. The number of rotatable bonds is 5. The molecule has 4 rings (SSSR count). The highest BCUT2D eigenvalue weighted by molar-refractivity contribution is 5.88. The predicted octanol–water partition coefficient (Wildman–Crippen LogP) is 4.26. The van der Waals surface area contributed by atoms with Gasteiger partial charge in [0.05, 0.1) is 19.3 Å². The normalized spacial score (nSPS) is 21.8. The van der Waals surface area contributed by atoms with Crippen molar-refractivity contribution < 1.29 is 18.3 Å². The van der Waals surface area contributed by atoms with E-state index in [1.807, 2.05) is 6.20 Å². The molecule has 2 aliphatic rings. The molecule has 142 valence electrons. The number of benzene rings is 1. The highest BCUT2D eigenvalue weighted by Crippen LogP contribution is 2.40. The Balaban J connectivity index is 1.38. The number of fused-ring (bicyclic) bond motifs is 1. The summed E-state index contributed by atoms with van der Waals surface area (Å²) in [5.74, 6) is -1.58. The van der Waals surface area contributed by atoms with Gasteiger partial charge in [0.25, 0.3) is 5.92 Å². The van der Waals surface area contributed by atoms with Gasteiger partial charge in [-0.25, -0.2) is 8.78 Å². The van der Waals surface area contributed by atoms with Crippen LogP contribution < -0.4 is 4.74 Å². The molecule has 0 atom stereocenters. The number of nitrogens with zero attached hydrogens (tertiary/aromatic N) is 1. The lowest BCUT2D eigenvalue weighted by Gasteiger charge is -2.39. The summed E-state index contributed by atoms with van der Waals surface area (Å²) in [4.78, 5) is 5.71. The first-order valence-electron chi connectivity index (χ1n) is 9.34. The maximum atomic E-state index is 12.9. The Labute approximate surface area is 152 Å². The summed E-state index contributed by atoms with van der Waals surface area (Å²) < 4.78 is 37.4. The third kappa shape index (κ3) is 3.45. The third-order valence-electron chi connectivity index (χ3n) is 5.69. The molecule has 1 aromatic carbocycles. The average Bonchev–Trinajstić information content (AvgIpc) is 3.07. The molecule has 1 N–H and O–H groups in total. The van der Waals surface area contributed by atoms with Gasteiger partial charge in [-0.15, -0.1) is 0 Å². The van der Waals surface area contributed by atoms with Crippen molar-refractivity contribution in [3.05, 3.63) is 29.5 Å². The van der Waals surface area contributed by atoms with E-state index in [9.17, 15) is 8.78 Å². The Bertz CT molecular complexity index is 773. The van der Waals surface area contributed by atoms with Gasteiger partial charge in [-0.2, -0.15) is 0 Å². The third-order valence-corrected chi connectivity index (χ3v) is 5.69. The first kappa shape index (κ1) is 17.7. The molecular weight excluding hydrogens is 338 g/mol. The summed E-state index contributed by atoms with van der Waals surface area (Å²) in [6, 6.07) is 4.19. The number of aromatic nitrogens is 1. The smallest absolute Gasteiger partial charge is 0.253 e. The SMILES string of the molecule is COc1cc(C)c2[nH]ccc2c1CN1CCC(OC2CC(F)(F)C2)CC1. The zero-order chi connectivity index (χ0) is 18.3. The molecule has 26 heavy (non-hydrogen) atoms. The van der Waals surface area contributed by atoms with Crippen molar-refractivity contribution in [2.24, 2.45) is 0 Å². The molecule has 0 amide bonds. The Morgan fingerprint density at radius 1 is 1.23 bits per heavy atom. The van der Waals surface area contributed by atoms with Crippen LogP contribution in [-0.2, 0) is 11.3 Å². The van der Waals surface area contributed by atoms with Crippen LogP contribution in [0.25, 0.3) is 10.9 Å². The number of aromatic amines is 1. The zero-order valence-corrected chi connectivity index (χ0v) is 15.4. The molecule has 0 radical (unpaired) electrons. The molecule has 2 aromatic rings. The van der Waals surface area contributed by atoms with E-state index in [1.165, 1.54) is 16.5 Å². The first-order valence-corrected chi connectivity index (χ1v) is 9.34. The maximum absolute atomic E-state index is 12.9. The van der Waals surface area contributed by atoms with Crippen LogP contribution in [0.2, 0.25) is 0 Å². The molecule has 1 aromatic heterocycles. The number of hydrogen-bond donors (Lipinski definition) is 1. The summed E-state index contributed by atoms with van der Waals surface area (Å²) in [7, 11) is 1.71.